The first-order chi connectivity index (χ1) is 6.24. The quantitative estimate of drug-likeness (QED) is 0.694. The van der Waals surface area contributed by atoms with E-state index in [2.05, 4.69) is 5.32 Å². The summed E-state index contributed by atoms with van der Waals surface area (Å²) < 4.78 is 5.27. The van der Waals surface area contributed by atoms with E-state index < -0.39 is 0 Å². The van der Waals surface area contributed by atoms with Crippen LogP contribution in [-0.4, -0.2) is 43.8 Å². The lowest BCUT2D eigenvalue weighted by Crippen LogP contribution is -2.39. The maximum absolute atomic E-state index is 11.3. The summed E-state index contributed by atoms with van der Waals surface area (Å²) in [6.45, 7) is 4.46. The summed E-state index contributed by atoms with van der Waals surface area (Å²) >= 11 is 0. The maximum Gasteiger partial charge on any atom is 0.409 e. The van der Waals surface area contributed by atoms with E-state index >= 15 is 0 Å². The van der Waals surface area contributed by atoms with Crippen LogP contribution in [0.3, 0.4) is 0 Å². The third-order valence-corrected chi connectivity index (χ3v) is 2.31. The van der Waals surface area contributed by atoms with E-state index in [0.29, 0.717) is 6.54 Å². The molecule has 0 saturated carbocycles. The Kier molecular flexibility index (Phi) is 4.02. The Morgan fingerprint density at radius 3 is 3.00 bits per heavy atom. The summed E-state index contributed by atoms with van der Waals surface area (Å²) in [5, 5.41) is 3.20. The van der Waals surface area contributed by atoms with E-state index in [1.807, 2.05) is 6.92 Å². The van der Waals surface area contributed by atoms with Gasteiger partial charge in [-0.15, -0.1) is 0 Å². The molecule has 1 atom stereocenters. The van der Waals surface area contributed by atoms with Gasteiger partial charge in [0.05, 0.1) is 0 Å². The maximum atomic E-state index is 11.3. The Bertz CT molecular complexity index is 167. The van der Waals surface area contributed by atoms with Gasteiger partial charge in [-0.25, -0.2) is 4.79 Å². The first-order valence-corrected chi connectivity index (χ1v) is 4.86. The minimum Gasteiger partial charge on any atom is -0.445 e. The molecule has 4 nitrogen and oxygen atoms in total. The van der Waals surface area contributed by atoms with Crippen molar-refractivity contribution in [1.29, 1.82) is 0 Å². The summed E-state index contributed by atoms with van der Waals surface area (Å²) in [4.78, 5) is 12.9. The van der Waals surface area contributed by atoms with Crippen molar-refractivity contribution >= 4 is 6.09 Å². The van der Waals surface area contributed by atoms with E-state index in [4.69, 9.17) is 4.74 Å². The molecular formula is C9H18N2O2. The van der Waals surface area contributed by atoms with E-state index in [1.54, 1.807) is 11.9 Å². The third kappa shape index (κ3) is 3.22. The molecule has 1 N–H and O–H groups in total. The zero-order valence-electron chi connectivity index (χ0n) is 8.38. The molecule has 0 aromatic carbocycles. The Hall–Kier alpha value is -0.770. The van der Waals surface area contributed by atoms with Crippen LogP contribution in [0, 0.1) is 0 Å². The second-order valence-electron chi connectivity index (χ2n) is 3.37. The van der Waals surface area contributed by atoms with Crippen molar-refractivity contribution < 1.29 is 9.53 Å². The largest absolute Gasteiger partial charge is 0.445 e. The second-order valence-corrected chi connectivity index (χ2v) is 3.37. The average Bonchev–Trinajstić information content (AvgIpc) is 2.18. The van der Waals surface area contributed by atoms with E-state index in [1.165, 1.54) is 0 Å². The highest BCUT2D eigenvalue weighted by atomic mass is 16.6. The number of carbonyl (C=O) groups is 1. The van der Waals surface area contributed by atoms with Crippen LogP contribution in [0.25, 0.3) is 0 Å². The molecule has 13 heavy (non-hydrogen) atoms. The molecule has 1 aliphatic rings. The van der Waals surface area contributed by atoms with Crippen molar-refractivity contribution in [1.82, 2.24) is 10.2 Å². The van der Waals surface area contributed by atoms with Gasteiger partial charge in [0.25, 0.3) is 0 Å². The molecule has 1 unspecified atom stereocenters. The molecule has 0 radical (unpaired) electrons. The number of carbonyl (C=O) groups excluding carboxylic acids is 1. The van der Waals surface area contributed by atoms with Crippen molar-refractivity contribution in [3.05, 3.63) is 0 Å². The molecule has 0 aromatic heterocycles. The summed E-state index contributed by atoms with van der Waals surface area (Å²) in [5.74, 6) is 0. The molecule has 0 aromatic rings. The lowest BCUT2D eigenvalue weighted by molar-refractivity contribution is 0.0584. The van der Waals surface area contributed by atoms with Gasteiger partial charge in [-0.05, 0) is 26.3 Å². The number of amides is 1. The van der Waals surface area contributed by atoms with Crippen molar-refractivity contribution in [3.8, 4) is 0 Å². The topological polar surface area (TPSA) is 41.6 Å². The van der Waals surface area contributed by atoms with Crippen LogP contribution in [-0.2, 0) is 4.74 Å². The average molecular weight is 186 g/mol. The summed E-state index contributed by atoms with van der Waals surface area (Å²) in [5.41, 5.74) is 0. The number of ether oxygens (including phenoxy) is 1. The molecule has 1 rings (SSSR count). The monoisotopic (exact) mass is 186 g/mol. The number of nitrogens with zero attached hydrogens (tertiary/aromatic N) is 1. The normalized spacial score (nSPS) is 22.5. The Morgan fingerprint density at radius 2 is 2.46 bits per heavy atom. The minimum absolute atomic E-state index is 0.0650. The van der Waals surface area contributed by atoms with Gasteiger partial charge in [-0.3, -0.25) is 0 Å². The fourth-order valence-electron chi connectivity index (χ4n) is 1.28. The molecule has 4 heteroatoms. The molecule has 1 aliphatic heterocycles. The first kappa shape index (κ1) is 10.3. The minimum atomic E-state index is -0.212. The molecule has 0 bridgehead atoms. The zero-order chi connectivity index (χ0) is 9.68. The van der Waals surface area contributed by atoms with Crippen LogP contribution in [0.5, 0.6) is 0 Å². The molecule has 1 fully saturated rings. The fraction of sp³-hybridized carbons (Fsp3) is 0.889. The summed E-state index contributed by atoms with van der Waals surface area (Å²) in [6.07, 6.45) is 1.93. The van der Waals surface area contributed by atoms with Gasteiger partial charge in [0.2, 0.25) is 0 Å². The highest BCUT2D eigenvalue weighted by Gasteiger charge is 2.18. The molecule has 0 aliphatic carbocycles. The van der Waals surface area contributed by atoms with Crippen LogP contribution in [0.15, 0.2) is 0 Å². The summed E-state index contributed by atoms with van der Waals surface area (Å²) in [6, 6.07) is 0. The SMILES string of the molecule is CCN(C)C(=O)OC1CCCNC1. The van der Waals surface area contributed by atoms with E-state index in [0.717, 1.165) is 25.9 Å². The smallest absolute Gasteiger partial charge is 0.409 e. The second kappa shape index (κ2) is 5.07. The van der Waals surface area contributed by atoms with Crippen molar-refractivity contribution in [2.24, 2.45) is 0 Å². The molecule has 76 valence electrons. The van der Waals surface area contributed by atoms with Crippen LogP contribution in [0.2, 0.25) is 0 Å². The van der Waals surface area contributed by atoms with E-state index in [9.17, 15) is 4.79 Å². The molecule has 1 heterocycles. The predicted octanol–water partition coefficient (Wildman–Crippen LogP) is 0.827. The van der Waals surface area contributed by atoms with Gasteiger partial charge in [0.1, 0.15) is 6.10 Å². The number of rotatable bonds is 2. The number of nitrogens with one attached hydrogen (secondary N) is 1. The van der Waals surface area contributed by atoms with Gasteiger partial charge in [0, 0.05) is 20.1 Å². The van der Waals surface area contributed by atoms with Crippen LogP contribution in [0.1, 0.15) is 19.8 Å². The molecule has 0 spiro atoms. The standard InChI is InChI=1S/C9H18N2O2/c1-3-11(2)9(12)13-8-5-4-6-10-7-8/h8,10H,3-7H2,1-2H3. The lowest BCUT2D eigenvalue weighted by atomic mass is 10.1. The van der Waals surface area contributed by atoms with Crippen molar-refractivity contribution in [2.75, 3.05) is 26.7 Å². The van der Waals surface area contributed by atoms with E-state index in [-0.39, 0.29) is 12.2 Å². The highest BCUT2D eigenvalue weighted by Crippen LogP contribution is 2.07. The Balaban J connectivity index is 2.26. The number of hydrogen-bond donors (Lipinski definition) is 1. The highest BCUT2D eigenvalue weighted by molar-refractivity contribution is 5.67. The van der Waals surface area contributed by atoms with Gasteiger partial charge in [0.15, 0.2) is 0 Å². The lowest BCUT2D eigenvalue weighted by Gasteiger charge is -2.25. The predicted molar refractivity (Wildman–Crippen MR) is 50.7 cm³/mol. The summed E-state index contributed by atoms with van der Waals surface area (Å²) in [7, 11) is 1.75. The van der Waals surface area contributed by atoms with Crippen LogP contribution >= 0.6 is 0 Å². The third-order valence-electron chi connectivity index (χ3n) is 2.31. The zero-order valence-corrected chi connectivity index (χ0v) is 8.38. The van der Waals surface area contributed by atoms with Gasteiger partial charge in [-0.2, -0.15) is 0 Å². The molecular weight excluding hydrogens is 168 g/mol. The van der Waals surface area contributed by atoms with Crippen molar-refractivity contribution in [2.45, 2.75) is 25.9 Å². The van der Waals surface area contributed by atoms with Gasteiger partial charge >= 0.3 is 6.09 Å². The fourth-order valence-corrected chi connectivity index (χ4v) is 1.28. The van der Waals surface area contributed by atoms with Gasteiger partial charge in [-0.1, -0.05) is 0 Å². The Labute approximate surface area is 79.2 Å². The van der Waals surface area contributed by atoms with Crippen LogP contribution in [0.4, 0.5) is 4.79 Å². The van der Waals surface area contributed by atoms with Gasteiger partial charge < -0.3 is 15.0 Å². The number of hydrogen-bond acceptors (Lipinski definition) is 3. The first-order valence-electron chi connectivity index (χ1n) is 4.86. The molecule has 1 saturated heterocycles. The molecule has 1 amide bonds. The number of piperidine rings is 1. The van der Waals surface area contributed by atoms with Crippen LogP contribution < -0.4 is 5.32 Å². The Morgan fingerprint density at radius 1 is 1.69 bits per heavy atom. The van der Waals surface area contributed by atoms with Crippen molar-refractivity contribution in [3.63, 3.8) is 0 Å².